The zero-order valence-corrected chi connectivity index (χ0v) is 6.63. The normalized spacial score (nSPS) is 14.6. The van der Waals surface area contributed by atoms with E-state index in [0.29, 0.717) is 0 Å². The second kappa shape index (κ2) is 3.76. The van der Waals surface area contributed by atoms with Gasteiger partial charge in [-0.3, -0.25) is 0 Å². The molecule has 0 aliphatic rings. The Kier molecular flexibility index (Phi) is 3.58. The molecule has 0 amide bonds. The monoisotopic (exact) mass is 167 g/mol. The standard InChI is InChI=1S/C7H12F3N/c1-4-11-6(5(2)3)7(8,9)10/h6,11H,2,4H2,1,3H3. The molecule has 0 heterocycles. The van der Waals surface area contributed by atoms with Gasteiger partial charge in [0.2, 0.25) is 0 Å². The molecule has 0 saturated carbocycles. The van der Waals surface area contributed by atoms with Crippen molar-refractivity contribution in [3.63, 3.8) is 0 Å². The summed E-state index contributed by atoms with van der Waals surface area (Å²) in [5, 5.41) is 2.30. The molecule has 0 rings (SSSR count). The summed E-state index contributed by atoms with van der Waals surface area (Å²) in [6, 6.07) is -1.56. The van der Waals surface area contributed by atoms with Crippen LogP contribution in [0, 0.1) is 0 Å². The molecule has 1 unspecified atom stereocenters. The minimum absolute atomic E-state index is 0.0966. The molecule has 0 aromatic heterocycles. The van der Waals surface area contributed by atoms with Gasteiger partial charge in [0.1, 0.15) is 6.04 Å². The van der Waals surface area contributed by atoms with Gasteiger partial charge in [-0.25, -0.2) is 0 Å². The lowest BCUT2D eigenvalue weighted by Gasteiger charge is -2.20. The van der Waals surface area contributed by atoms with Crippen LogP contribution in [-0.4, -0.2) is 18.8 Å². The smallest absolute Gasteiger partial charge is 0.303 e. The Morgan fingerprint density at radius 3 is 2.09 bits per heavy atom. The van der Waals surface area contributed by atoms with Gasteiger partial charge in [0.25, 0.3) is 0 Å². The minimum Gasteiger partial charge on any atom is -0.303 e. The average molecular weight is 167 g/mol. The van der Waals surface area contributed by atoms with Gasteiger partial charge in [-0.15, -0.1) is 0 Å². The summed E-state index contributed by atoms with van der Waals surface area (Å²) in [6.07, 6.45) is -4.22. The quantitative estimate of drug-likeness (QED) is 0.635. The van der Waals surface area contributed by atoms with Crippen LogP contribution < -0.4 is 5.32 Å². The van der Waals surface area contributed by atoms with Gasteiger partial charge in [-0.1, -0.05) is 19.1 Å². The van der Waals surface area contributed by atoms with Crippen molar-refractivity contribution < 1.29 is 13.2 Å². The molecule has 1 atom stereocenters. The van der Waals surface area contributed by atoms with E-state index in [1.165, 1.54) is 6.92 Å². The molecule has 0 aliphatic heterocycles. The van der Waals surface area contributed by atoms with Crippen molar-refractivity contribution in [2.45, 2.75) is 26.1 Å². The van der Waals surface area contributed by atoms with E-state index in [-0.39, 0.29) is 12.1 Å². The highest BCUT2D eigenvalue weighted by molar-refractivity contribution is 5.05. The molecule has 0 bridgehead atoms. The van der Waals surface area contributed by atoms with Crippen molar-refractivity contribution in [1.29, 1.82) is 0 Å². The van der Waals surface area contributed by atoms with Crippen molar-refractivity contribution in [3.8, 4) is 0 Å². The van der Waals surface area contributed by atoms with Crippen molar-refractivity contribution in [2.24, 2.45) is 0 Å². The van der Waals surface area contributed by atoms with E-state index in [2.05, 4.69) is 11.9 Å². The van der Waals surface area contributed by atoms with Crippen molar-refractivity contribution >= 4 is 0 Å². The molecule has 0 aliphatic carbocycles. The highest BCUT2D eigenvalue weighted by atomic mass is 19.4. The lowest BCUT2D eigenvalue weighted by atomic mass is 10.1. The van der Waals surface area contributed by atoms with E-state index in [1.54, 1.807) is 6.92 Å². The fraction of sp³-hybridized carbons (Fsp3) is 0.714. The number of hydrogen-bond donors (Lipinski definition) is 1. The molecule has 1 N–H and O–H groups in total. The molecule has 4 heteroatoms. The largest absolute Gasteiger partial charge is 0.407 e. The van der Waals surface area contributed by atoms with E-state index in [0.717, 1.165) is 0 Å². The molecule has 0 aromatic rings. The third-order valence-corrected chi connectivity index (χ3v) is 1.23. The van der Waals surface area contributed by atoms with E-state index in [9.17, 15) is 13.2 Å². The van der Waals surface area contributed by atoms with Crippen LogP contribution in [0.15, 0.2) is 12.2 Å². The first-order valence-electron chi connectivity index (χ1n) is 3.35. The number of alkyl halides is 3. The lowest BCUT2D eigenvalue weighted by Crippen LogP contribution is -2.42. The Morgan fingerprint density at radius 2 is 2.00 bits per heavy atom. The third kappa shape index (κ3) is 3.41. The molecule has 66 valence electrons. The van der Waals surface area contributed by atoms with E-state index in [1.807, 2.05) is 0 Å². The zero-order valence-electron chi connectivity index (χ0n) is 6.63. The van der Waals surface area contributed by atoms with Gasteiger partial charge < -0.3 is 5.32 Å². The Hall–Kier alpha value is -0.510. The van der Waals surface area contributed by atoms with Crippen LogP contribution in [0.25, 0.3) is 0 Å². The number of nitrogens with one attached hydrogen (secondary N) is 1. The second-order valence-corrected chi connectivity index (χ2v) is 2.38. The summed E-state index contributed by atoms with van der Waals surface area (Å²) in [6.45, 7) is 6.54. The topological polar surface area (TPSA) is 12.0 Å². The SMILES string of the molecule is C=C(C)C(NCC)C(F)(F)F. The maximum atomic E-state index is 12.0. The van der Waals surface area contributed by atoms with Crippen LogP contribution in [0.3, 0.4) is 0 Å². The van der Waals surface area contributed by atoms with Gasteiger partial charge in [0.05, 0.1) is 0 Å². The predicted molar refractivity (Wildman–Crippen MR) is 38.3 cm³/mol. The highest BCUT2D eigenvalue weighted by Crippen LogP contribution is 2.24. The number of hydrogen-bond acceptors (Lipinski definition) is 1. The molecule has 0 fully saturated rings. The number of rotatable bonds is 3. The predicted octanol–water partition coefficient (Wildman–Crippen LogP) is 2.10. The first kappa shape index (κ1) is 10.5. The van der Waals surface area contributed by atoms with Crippen LogP contribution in [0.5, 0.6) is 0 Å². The maximum absolute atomic E-state index is 12.0. The molecule has 0 saturated heterocycles. The van der Waals surface area contributed by atoms with E-state index >= 15 is 0 Å². The zero-order chi connectivity index (χ0) is 9.07. The average Bonchev–Trinajstić information content (AvgIpc) is 1.79. The summed E-state index contributed by atoms with van der Waals surface area (Å²) in [4.78, 5) is 0. The van der Waals surface area contributed by atoms with Gasteiger partial charge >= 0.3 is 6.18 Å². The molecular weight excluding hydrogens is 155 g/mol. The lowest BCUT2D eigenvalue weighted by molar-refractivity contribution is -0.146. The summed E-state index contributed by atoms with van der Waals surface area (Å²) in [7, 11) is 0. The van der Waals surface area contributed by atoms with Crippen LogP contribution in [0.2, 0.25) is 0 Å². The molecular formula is C7H12F3N. The molecule has 0 spiro atoms. The second-order valence-electron chi connectivity index (χ2n) is 2.38. The summed E-state index contributed by atoms with van der Waals surface area (Å²) < 4.78 is 36.1. The minimum atomic E-state index is -4.22. The van der Waals surface area contributed by atoms with Crippen LogP contribution in [0.1, 0.15) is 13.8 Å². The Labute approximate surface area is 64.3 Å². The van der Waals surface area contributed by atoms with Gasteiger partial charge in [-0.2, -0.15) is 13.2 Å². The molecule has 0 radical (unpaired) electrons. The van der Waals surface area contributed by atoms with Crippen LogP contribution in [0.4, 0.5) is 13.2 Å². The van der Waals surface area contributed by atoms with Crippen molar-refractivity contribution in [3.05, 3.63) is 12.2 Å². The highest BCUT2D eigenvalue weighted by Gasteiger charge is 2.39. The Balaban J connectivity index is 4.22. The first-order chi connectivity index (χ1) is 4.89. The van der Waals surface area contributed by atoms with E-state index < -0.39 is 12.2 Å². The molecule has 0 aromatic carbocycles. The molecule has 11 heavy (non-hydrogen) atoms. The summed E-state index contributed by atoms with van der Waals surface area (Å²) in [5.41, 5.74) is 0.0966. The summed E-state index contributed by atoms with van der Waals surface area (Å²) >= 11 is 0. The van der Waals surface area contributed by atoms with Gasteiger partial charge in [0, 0.05) is 0 Å². The van der Waals surface area contributed by atoms with Gasteiger partial charge in [0.15, 0.2) is 0 Å². The fourth-order valence-electron chi connectivity index (χ4n) is 0.773. The van der Waals surface area contributed by atoms with Gasteiger partial charge in [-0.05, 0) is 13.5 Å². The van der Waals surface area contributed by atoms with Crippen LogP contribution >= 0.6 is 0 Å². The van der Waals surface area contributed by atoms with Crippen LogP contribution in [-0.2, 0) is 0 Å². The Bertz CT molecular complexity index is 139. The maximum Gasteiger partial charge on any atom is 0.407 e. The number of likely N-dealkylation sites (N-methyl/N-ethyl adjacent to an activating group) is 1. The fourth-order valence-corrected chi connectivity index (χ4v) is 0.773. The number of halogens is 3. The first-order valence-corrected chi connectivity index (χ1v) is 3.35. The van der Waals surface area contributed by atoms with Crippen molar-refractivity contribution in [2.75, 3.05) is 6.54 Å². The third-order valence-electron chi connectivity index (χ3n) is 1.23. The summed E-state index contributed by atoms with van der Waals surface area (Å²) in [5.74, 6) is 0. The van der Waals surface area contributed by atoms with E-state index in [4.69, 9.17) is 0 Å². The Morgan fingerprint density at radius 1 is 1.55 bits per heavy atom. The molecule has 1 nitrogen and oxygen atoms in total. The van der Waals surface area contributed by atoms with Crippen molar-refractivity contribution in [1.82, 2.24) is 5.32 Å².